The van der Waals surface area contributed by atoms with Gasteiger partial charge in [-0.25, -0.2) is 0 Å². The van der Waals surface area contributed by atoms with Crippen LogP contribution in [0.4, 0.5) is 0 Å². The summed E-state index contributed by atoms with van der Waals surface area (Å²) in [5, 5.41) is 0. The Morgan fingerprint density at radius 1 is 1.57 bits per heavy atom. The molecule has 0 saturated heterocycles. The van der Waals surface area contributed by atoms with Crippen molar-refractivity contribution in [3.63, 3.8) is 0 Å². The van der Waals surface area contributed by atoms with Gasteiger partial charge >= 0.3 is 0 Å². The van der Waals surface area contributed by atoms with E-state index in [1.165, 1.54) is 0 Å². The zero-order valence-electron chi connectivity index (χ0n) is 3.68. The lowest BCUT2D eigenvalue weighted by Gasteiger charge is -1.76. The lowest BCUT2D eigenvalue weighted by Crippen LogP contribution is -1.94. The van der Waals surface area contributed by atoms with Crippen molar-refractivity contribution in [1.29, 1.82) is 0 Å². The minimum absolute atomic E-state index is 1.60. The van der Waals surface area contributed by atoms with Crippen LogP contribution in [-0.2, 0) is 0 Å². The first kappa shape index (κ1) is 6.64. The fourth-order valence-electron chi connectivity index (χ4n) is 0.134. The van der Waals surface area contributed by atoms with Crippen molar-refractivity contribution >= 4 is 27.0 Å². The molecule has 0 aliphatic carbocycles. The molecule has 0 aliphatic rings. The quantitative estimate of drug-likeness (QED) is 0.383. The SMILES string of the molecule is [Si]/N=C/C=C/N[Si]. The normalized spacial score (nSPS) is 11.1. The predicted molar refractivity (Wildman–Crippen MR) is 32.3 cm³/mol. The van der Waals surface area contributed by atoms with Crippen molar-refractivity contribution in [3.8, 4) is 0 Å². The van der Waals surface area contributed by atoms with Crippen molar-refractivity contribution in [3.05, 3.63) is 12.3 Å². The van der Waals surface area contributed by atoms with Gasteiger partial charge in [0.1, 0.15) is 0 Å². The van der Waals surface area contributed by atoms with Gasteiger partial charge in [-0.1, -0.05) is 0 Å². The maximum atomic E-state index is 3.51. The molecule has 0 aromatic heterocycles. The monoisotopic (exact) mass is 124 g/mol. The Morgan fingerprint density at radius 2 is 2.29 bits per heavy atom. The summed E-state index contributed by atoms with van der Waals surface area (Å²) < 4.78 is 3.51. The molecule has 0 spiro atoms. The molecule has 0 heterocycles. The Balaban J connectivity index is 3.09. The average Bonchev–Trinajstić information content (AvgIpc) is 1.69. The van der Waals surface area contributed by atoms with Crippen LogP contribution in [0.1, 0.15) is 0 Å². The van der Waals surface area contributed by atoms with Gasteiger partial charge in [0.2, 0.25) is 10.4 Å². The highest BCUT2D eigenvalue weighted by molar-refractivity contribution is 6.10. The first-order valence-corrected chi connectivity index (χ1v) is 2.63. The number of hydrogen-bond donors (Lipinski definition) is 1. The molecular formula is C3H4N2Si2. The van der Waals surface area contributed by atoms with E-state index in [2.05, 4.69) is 30.4 Å². The molecule has 0 atom stereocenters. The van der Waals surface area contributed by atoms with Crippen LogP contribution in [0.25, 0.3) is 0 Å². The fraction of sp³-hybridized carbons (Fsp3) is 0. The average molecular weight is 124 g/mol. The molecule has 0 bridgehead atoms. The maximum Gasteiger partial charge on any atom is 0.221 e. The minimum atomic E-state index is 1.60. The van der Waals surface area contributed by atoms with E-state index in [1.54, 1.807) is 18.5 Å². The van der Waals surface area contributed by atoms with Gasteiger partial charge in [-0.2, -0.15) is 0 Å². The van der Waals surface area contributed by atoms with Crippen LogP contribution in [0.15, 0.2) is 16.9 Å². The van der Waals surface area contributed by atoms with E-state index in [9.17, 15) is 0 Å². The van der Waals surface area contributed by atoms with Crippen LogP contribution in [0, 0.1) is 0 Å². The molecular weight excluding hydrogens is 120 g/mol. The molecule has 6 radical (unpaired) electrons. The first-order chi connectivity index (χ1) is 3.41. The smallest absolute Gasteiger partial charge is 0.221 e. The predicted octanol–water partition coefficient (Wildman–Crippen LogP) is -0.673. The van der Waals surface area contributed by atoms with Gasteiger partial charge < -0.3 is 9.64 Å². The second kappa shape index (κ2) is 5.64. The number of allylic oxidation sites excluding steroid dienone is 1. The van der Waals surface area contributed by atoms with E-state index < -0.39 is 0 Å². The van der Waals surface area contributed by atoms with Crippen molar-refractivity contribution in [2.75, 3.05) is 0 Å². The number of rotatable bonds is 2. The number of hydrogen-bond acceptors (Lipinski definition) is 2. The van der Waals surface area contributed by atoms with Gasteiger partial charge in [0.15, 0.2) is 10.4 Å². The molecule has 34 valence electrons. The van der Waals surface area contributed by atoms with Crippen molar-refractivity contribution < 1.29 is 0 Å². The summed E-state index contributed by atoms with van der Waals surface area (Å²) in [6, 6.07) is 0. The molecule has 1 N–H and O–H groups in total. The standard InChI is InChI=1S/C3H4N2Si2/c6-4-2-1-3-5-7/h1-4H/b2-1+,5-3+. The first-order valence-electron chi connectivity index (χ1n) is 1.69. The van der Waals surface area contributed by atoms with Gasteiger partial charge in [-0.3, -0.25) is 0 Å². The third-order valence-corrected chi connectivity index (χ3v) is 0.656. The number of nitrogens with one attached hydrogen (secondary N) is 1. The molecule has 0 rings (SSSR count). The summed E-state index contributed by atoms with van der Waals surface area (Å²) in [6.45, 7) is 0. The second-order valence-electron chi connectivity index (χ2n) is 0.782. The molecule has 0 aromatic rings. The summed E-state index contributed by atoms with van der Waals surface area (Å²) in [6.07, 6.45) is 5.03. The van der Waals surface area contributed by atoms with Crippen LogP contribution in [0.3, 0.4) is 0 Å². The Hall–Kier alpha value is -0.356. The zero-order chi connectivity index (χ0) is 5.54. The Bertz CT molecular complexity index is 79.0. The van der Waals surface area contributed by atoms with Crippen molar-refractivity contribution in [2.45, 2.75) is 0 Å². The van der Waals surface area contributed by atoms with E-state index in [-0.39, 0.29) is 0 Å². The van der Waals surface area contributed by atoms with Gasteiger partial charge in [0.05, 0.1) is 0 Å². The summed E-state index contributed by atoms with van der Waals surface area (Å²) in [5.41, 5.74) is 0. The summed E-state index contributed by atoms with van der Waals surface area (Å²) in [4.78, 5) is 2.61. The summed E-state index contributed by atoms with van der Waals surface area (Å²) in [5.74, 6) is 0. The van der Waals surface area contributed by atoms with Crippen LogP contribution in [0.2, 0.25) is 0 Å². The highest BCUT2D eigenvalue weighted by Crippen LogP contribution is 1.56. The van der Waals surface area contributed by atoms with E-state index >= 15 is 0 Å². The van der Waals surface area contributed by atoms with Crippen LogP contribution < -0.4 is 4.98 Å². The molecule has 0 fully saturated rings. The molecule has 2 nitrogen and oxygen atoms in total. The molecule has 7 heavy (non-hydrogen) atoms. The van der Waals surface area contributed by atoms with Gasteiger partial charge in [-0.05, 0) is 12.3 Å². The van der Waals surface area contributed by atoms with E-state index in [4.69, 9.17) is 0 Å². The summed E-state index contributed by atoms with van der Waals surface area (Å²) >= 11 is 0. The largest absolute Gasteiger partial charge is 0.418 e. The van der Waals surface area contributed by atoms with Crippen molar-refractivity contribution in [2.24, 2.45) is 4.66 Å². The topological polar surface area (TPSA) is 24.4 Å². The lowest BCUT2D eigenvalue weighted by atomic mass is 10.7. The third-order valence-electron chi connectivity index (χ3n) is 0.340. The van der Waals surface area contributed by atoms with Crippen molar-refractivity contribution in [1.82, 2.24) is 4.98 Å². The molecule has 0 amide bonds. The van der Waals surface area contributed by atoms with E-state index in [0.717, 1.165) is 0 Å². The van der Waals surface area contributed by atoms with Crippen LogP contribution in [0.5, 0.6) is 0 Å². The highest BCUT2D eigenvalue weighted by atomic mass is 28.2. The highest BCUT2D eigenvalue weighted by Gasteiger charge is 1.55. The maximum absolute atomic E-state index is 3.51. The fourth-order valence-corrected chi connectivity index (χ4v) is 0.316. The van der Waals surface area contributed by atoms with Crippen LogP contribution in [-0.4, -0.2) is 27.0 Å². The summed E-state index contributed by atoms with van der Waals surface area (Å²) in [7, 11) is 5.90. The second-order valence-corrected chi connectivity index (χ2v) is 1.33. The zero-order valence-corrected chi connectivity index (χ0v) is 5.68. The number of nitrogens with zero attached hydrogens (tertiary/aromatic N) is 1. The van der Waals surface area contributed by atoms with Gasteiger partial charge in [0, 0.05) is 6.21 Å². The Morgan fingerprint density at radius 3 is 2.71 bits per heavy atom. The Labute approximate surface area is 49.7 Å². The molecule has 0 aliphatic heterocycles. The van der Waals surface area contributed by atoms with E-state index in [1.807, 2.05) is 0 Å². The molecule has 0 aromatic carbocycles. The lowest BCUT2D eigenvalue weighted by molar-refractivity contribution is 1.40. The molecule has 0 saturated carbocycles. The molecule has 0 unspecified atom stereocenters. The van der Waals surface area contributed by atoms with Gasteiger partial charge in [0.25, 0.3) is 0 Å². The van der Waals surface area contributed by atoms with Crippen LogP contribution >= 0.6 is 0 Å². The van der Waals surface area contributed by atoms with E-state index in [0.29, 0.717) is 0 Å². The molecule has 4 heteroatoms. The third kappa shape index (κ3) is 5.64. The minimum Gasteiger partial charge on any atom is -0.418 e. The Kier molecular flexibility index (Phi) is 5.36. The van der Waals surface area contributed by atoms with Gasteiger partial charge in [-0.15, -0.1) is 0 Å².